The third kappa shape index (κ3) is 4.37. The van der Waals surface area contributed by atoms with Gasteiger partial charge in [-0.05, 0) is 31.5 Å². The molecule has 1 N–H and O–H groups in total. The molecule has 10 heteroatoms. The van der Waals surface area contributed by atoms with E-state index >= 15 is 4.39 Å². The van der Waals surface area contributed by atoms with Gasteiger partial charge in [-0.15, -0.1) is 0 Å². The SMILES string of the molecule is CCOC(=O)Cc1ccc(N2C(=O)c3c(c(OCC)c4ccccc4c3OC(F)F)C2O)c(F)c1. The number of anilines is 1. The summed E-state index contributed by atoms with van der Waals surface area (Å²) in [6, 6.07) is 9.99. The molecule has 4 rings (SSSR count). The summed E-state index contributed by atoms with van der Waals surface area (Å²) in [5.41, 5.74) is -0.442. The van der Waals surface area contributed by atoms with E-state index in [1.54, 1.807) is 32.0 Å². The first kappa shape index (κ1) is 24.3. The van der Waals surface area contributed by atoms with E-state index in [1.807, 2.05) is 0 Å². The molecule has 7 nitrogen and oxygen atoms in total. The molecule has 1 aliphatic heterocycles. The van der Waals surface area contributed by atoms with Gasteiger partial charge in [-0.2, -0.15) is 8.78 Å². The van der Waals surface area contributed by atoms with Crippen molar-refractivity contribution in [3.8, 4) is 11.5 Å². The maximum absolute atomic E-state index is 15.1. The molecule has 0 spiro atoms. The van der Waals surface area contributed by atoms with Crippen LogP contribution in [0.25, 0.3) is 10.8 Å². The number of aliphatic hydroxyl groups is 1. The molecule has 0 fully saturated rings. The minimum absolute atomic E-state index is 0.0961. The molecule has 0 saturated heterocycles. The Kier molecular flexibility index (Phi) is 6.83. The minimum atomic E-state index is -3.25. The Morgan fingerprint density at radius 2 is 1.77 bits per heavy atom. The van der Waals surface area contributed by atoms with Gasteiger partial charge in [0.1, 0.15) is 17.3 Å². The summed E-state index contributed by atoms with van der Waals surface area (Å²) >= 11 is 0. The molecule has 184 valence electrons. The van der Waals surface area contributed by atoms with Gasteiger partial charge in [0, 0.05) is 10.8 Å². The molecule has 1 heterocycles. The third-order valence-electron chi connectivity index (χ3n) is 5.51. The van der Waals surface area contributed by atoms with E-state index in [9.17, 15) is 23.5 Å². The lowest BCUT2D eigenvalue weighted by Gasteiger charge is -2.22. The molecule has 1 aliphatic rings. The van der Waals surface area contributed by atoms with Gasteiger partial charge < -0.3 is 19.3 Å². The summed E-state index contributed by atoms with van der Waals surface area (Å²) in [6.45, 7) is 0.409. The van der Waals surface area contributed by atoms with Gasteiger partial charge >= 0.3 is 12.6 Å². The molecule has 0 aliphatic carbocycles. The molecule has 3 aromatic carbocycles. The molecule has 35 heavy (non-hydrogen) atoms. The average Bonchev–Trinajstić information content (AvgIpc) is 3.06. The van der Waals surface area contributed by atoms with Crippen molar-refractivity contribution in [1.82, 2.24) is 0 Å². The van der Waals surface area contributed by atoms with Gasteiger partial charge in [-0.25, -0.2) is 4.39 Å². The minimum Gasteiger partial charge on any atom is -0.493 e. The van der Waals surface area contributed by atoms with Crippen LogP contribution in [0.2, 0.25) is 0 Å². The summed E-state index contributed by atoms with van der Waals surface area (Å²) in [5.74, 6) is -2.70. The van der Waals surface area contributed by atoms with Gasteiger partial charge in [-0.1, -0.05) is 30.3 Å². The molecular formula is C25H22F3NO6. The molecule has 1 amide bonds. The van der Waals surface area contributed by atoms with E-state index in [0.29, 0.717) is 10.9 Å². The Morgan fingerprint density at radius 1 is 1.09 bits per heavy atom. The van der Waals surface area contributed by atoms with Crippen LogP contribution in [-0.4, -0.2) is 36.8 Å². The smallest absolute Gasteiger partial charge is 0.387 e. The molecule has 0 radical (unpaired) electrons. The second-order valence-corrected chi connectivity index (χ2v) is 7.62. The lowest BCUT2D eigenvalue weighted by atomic mass is 9.98. The van der Waals surface area contributed by atoms with Crippen LogP contribution in [0.15, 0.2) is 42.5 Å². The fourth-order valence-corrected chi connectivity index (χ4v) is 4.20. The van der Waals surface area contributed by atoms with Crippen molar-refractivity contribution in [3.05, 3.63) is 65.0 Å². The number of hydrogen-bond donors (Lipinski definition) is 1. The number of nitrogens with zero attached hydrogens (tertiary/aromatic N) is 1. The van der Waals surface area contributed by atoms with Gasteiger partial charge in [0.2, 0.25) is 0 Å². The Labute approximate surface area is 198 Å². The summed E-state index contributed by atoms with van der Waals surface area (Å²) in [7, 11) is 0. The first-order valence-electron chi connectivity index (χ1n) is 10.9. The van der Waals surface area contributed by atoms with Crippen molar-refractivity contribution in [2.45, 2.75) is 33.1 Å². The number of aliphatic hydroxyl groups excluding tert-OH is 1. The predicted octanol–water partition coefficient (Wildman–Crippen LogP) is 4.74. The zero-order valence-electron chi connectivity index (χ0n) is 18.9. The summed E-state index contributed by atoms with van der Waals surface area (Å²) in [6.07, 6.45) is -1.93. The largest absolute Gasteiger partial charge is 0.493 e. The van der Waals surface area contributed by atoms with Crippen LogP contribution in [0.4, 0.5) is 18.9 Å². The van der Waals surface area contributed by atoms with Crippen LogP contribution in [0, 0.1) is 5.82 Å². The van der Waals surface area contributed by atoms with Crippen LogP contribution in [-0.2, 0) is 16.0 Å². The standard InChI is InChI=1S/C25H22F3NO6/c1-3-33-18(30)12-13-9-10-17(16(26)11-13)29-23(31)19-20(24(29)32)22(35-25(27)28)15-8-6-5-7-14(15)21(19)34-4-2/h5-11,23,25,31H,3-4,12H2,1-2H3. The predicted molar refractivity (Wildman–Crippen MR) is 120 cm³/mol. The highest BCUT2D eigenvalue weighted by molar-refractivity contribution is 6.17. The second kappa shape index (κ2) is 9.83. The molecule has 3 aromatic rings. The fraction of sp³-hybridized carbons (Fsp3) is 0.280. The number of alkyl halides is 2. The zero-order chi connectivity index (χ0) is 25.3. The van der Waals surface area contributed by atoms with Crippen LogP contribution in [0.3, 0.4) is 0 Å². The van der Waals surface area contributed by atoms with Crippen molar-refractivity contribution in [1.29, 1.82) is 0 Å². The molecule has 0 bridgehead atoms. The van der Waals surface area contributed by atoms with Gasteiger partial charge in [0.25, 0.3) is 5.91 Å². The summed E-state index contributed by atoms with van der Waals surface area (Å²) in [4.78, 5) is 25.9. The van der Waals surface area contributed by atoms with E-state index in [-0.39, 0.29) is 47.6 Å². The second-order valence-electron chi connectivity index (χ2n) is 7.62. The number of hydrogen-bond acceptors (Lipinski definition) is 6. The topological polar surface area (TPSA) is 85.3 Å². The highest BCUT2D eigenvalue weighted by Crippen LogP contribution is 2.50. The Morgan fingerprint density at radius 3 is 2.37 bits per heavy atom. The lowest BCUT2D eigenvalue weighted by molar-refractivity contribution is -0.142. The lowest BCUT2D eigenvalue weighted by Crippen LogP contribution is -2.28. The van der Waals surface area contributed by atoms with Crippen molar-refractivity contribution in [2.75, 3.05) is 18.1 Å². The number of ether oxygens (including phenoxy) is 3. The first-order valence-corrected chi connectivity index (χ1v) is 10.9. The van der Waals surface area contributed by atoms with Gasteiger partial charge in [0.15, 0.2) is 6.23 Å². The van der Waals surface area contributed by atoms with Crippen molar-refractivity contribution >= 4 is 28.3 Å². The van der Waals surface area contributed by atoms with E-state index in [4.69, 9.17) is 14.2 Å². The van der Waals surface area contributed by atoms with Crippen molar-refractivity contribution in [2.24, 2.45) is 0 Å². The summed E-state index contributed by atoms with van der Waals surface area (Å²) in [5, 5.41) is 11.7. The van der Waals surface area contributed by atoms with E-state index in [2.05, 4.69) is 0 Å². The molecular weight excluding hydrogens is 467 g/mol. The first-order chi connectivity index (χ1) is 16.8. The van der Waals surface area contributed by atoms with Crippen LogP contribution in [0.5, 0.6) is 11.5 Å². The Bertz CT molecular complexity index is 1300. The van der Waals surface area contributed by atoms with Crippen LogP contribution in [0.1, 0.15) is 41.6 Å². The monoisotopic (exact) mass is 489 g/mol. The summed E-state index contributed by atoms with van der Waals surface area (Å²) < 4.78 is 57.1. The van der Waals surface area contributed by atoms with Crippen molar-refractivity contribution < 1.29 is 42.1 Å². The number of carbonyl (C=O) groups excluding carboxylic acids is 2. The van der Waals surface area contributed by atoms with Crippen LogP contribution >= 0.6 is 0 Å². The van der Waals surface area contributed by atoms with Crippen molar-refractivity contribution in [3.63, 3.8) is 0 Å². The molecule has 0 saturated carbocycles. The molecule has 1 atom stereocenters. The fourth-order valence-electron chi connectivity index (χ4n) is 4.20. The number of esters is 1. The maximum atomic E-state index is 15.1. The quantitative estimate of drug-likeness (QED) is 0.461. The average molecular weight is 489 g/mol. The van der Waals surface area contributed by atoms with E-state index in [1.165, 1.54) is 18.2 Å². The van der Waals surface area contributed by atoms with Gasteiger partial charge in [-0.3, -0.25) is 14.5 Å². The van der Waals surface area contributed by atoms with E-state index < -0.39 is 36.3 Å². The number of carbonyl (C=O) groups is 2. The number of amides is 1. The highest BCUT2D eigenvalue weighted by Gasteiger charge is 2.44. The normalized spacial score (nSPS) is 15.0. The molecule has 0 aromatic heterocycles. The number of halogens is 3. The van der Waals surface area contributed by atoms with E-state index in [0.717, 1.165) is 11.0 Å². The molecule has 1 unspecified atom stereocenters. The number of rotatable bonds is 8. The number of fused-ring (bicyclic) bond motifs is 2. The maximum Gasteiger partial charge on any atom is 0.387 e. The Hall–Kier alpha value is -3.79. The zero-order valence-corrected chi connectivity index (χ0v) is 18.9. The third-order valence-corrected chi connectivity index (χ3v) is 5.51. The Balaban J connectivity index is 1.85. The van der Waals surface area contributed by atoms with Crippen LogP contribution < -0.4 is 14.4 Å². The number of benzene rings is 3. The highest BCUT2D eigenvalue weighted by atomic mass is 19.3. The van der Waals surface area contributed by atoms with Gasteiger partial charge in [0.05, 0.1) is 36.4 Å².